The zero-order valence-corrected chi connectivity index (χ0v) is 15.8. The minimum Gasteiger partial charge on any atom is -0.366 e. The van der Waals surface area contributed by atoms with Crippen LogP contribution in [-0.4, -0.2) is 16.8 Å². The van der Waals surface area contributed by atoms with Gasteiger partial charge in [0, 0.05) is 22.2 Å². The summed E-state index contributed by atoms with van der Waals surface area (Å²) in [5.41, 5.74) is 9.89. The Bertz CT molecular complexity index is 1230. The Morgan fingerprint density at radius 1 is 0.862 bits per heavy atom. The van der Waals surface area contributed by atoms with E-state index in [-0.39, 0.29) is 5.91 Å². The van der Waals surface area contributed by atoms with Crippen LogP contribution in [0.4, 0.5) is 5.69 Å². The minimum absolute atomic E-state index is 0.273. The number of carbonyl (C=O) groups is 2. The van der Waals surface area contributed by atoms with Crippen molar-refractivity contribution in [2.75, 3.05) is 5.32 Å². The van der Waals surface area contributed by atoms with Crippen molar-refractivity contribution in [2.24, 2.45) is 5.73 Å². The number of para-hydroxylation sites is 1. The Morgan fingerprint density at radius 3 is 2.34 bits per heavy atom. The largest absolute Gasteiger partial charge is 0.366 e. The molecule has 0 spiro atoms. The van der Waals surface area contributed by atoms with Crippen LogP contribution in [0.5, 0.6) is 0 Å². The molecule has 0 fully saturated rings. The highest BCUT2D eigenvalue weighted by Crippen LogP contribution is 2.26. The normalized spacial score (nSPS) is 10.7. The van der Waals surface area contributed by atoms with E-state index in [1.54, 1.807) is 31.2 Å². The number of fused-ring (bicyclic) bond motifs is 1. The Balaban J connectivity index is 1.80. The van der Waals surface area contributed by atoms with Crippen LogP contribution < -0.4 is 11.1 Å². The second kappa shape index (κ2) is 7.56. The summed E-state index contributed by atoms with van der Waals surface area (Å²) in [6.45, 7) is 1.76. The maximum absolute atomic E-state index is 13.2. The summed E-state index contributed by atoms with van der Waals surface area (Å²) in [5.74, 6) is -0.801. The number of nitrogens with zero attached hydrogens (tertiary/aromatic N) is 1. The molecule has 0 saturated carbocycles. The summed E-state index contributed by atoms with van der Waals surface area (Å²) >= 11 is 0. The molecule has 0 aliphatic carbocycles. The minimum atomic E-state index is -0.528. The lowest BCUT2D eigenvalue weighted by molar-refractivity contribution is 0.0995. The average molecular weight is 381 g/mol. The number of anilines is 1. The van der Waals surface area contributed by atoms with Gasteiger partial charge in [-0.1, -0.05) is 54.6 Å². The predicted molar refractivity (Wildman–Crippen MR) is 115 cm³/mol. The number of aromatic nitrogens is 1. The number of carbonyl (C=O) groups excluding carboxylic acids is 2. The van der Waals surface area contributed by atoms with E-state index in [0.29, 0.717) is 22.4 Å². The third-order valence-corrected chi connectivity index (χ3v) is 4.88. The van der Waals surface area contributed by atoms with E-state index in [4.69, 9.17) is 10.7 Å². The Kier molecular flexibility index (Phi) is 4.79. The van der Waals surface area contributed by atoms with Gasteiger partial charge in [-0.05, 0) is 36.8 Å². The van der Waals surface area contributed by atoms with E-state index < -0.39 is 5.91 Å². The van der Waals surface area contributed by atoms with Gasteiger partial charge in [0.1, 0.15) is 0 Å². The molecule has 3 aromatic carbocycles. The van der Waals surface area contributed by atoms with Crippen molar-refractivity contribution in [3.63, 3.8) is 0 Å². The molecular weight excluding hydrogens is 362 g/mol. The highest BCUT2D eigenvalue weighted by molar-refractivity contribution is 6.13. The van der Waals surface area contributed by atoms with E-state index in [0.717, 1.165) is 22.2 Å². The van der Waals surface area contributed by atoms with Crippen molar-refractivity contribution >= 4 is 28.4 Å². The van der Waals surface area contributed by atoms with Gasteiger partial charge in [0.15, 0.2) is 0 Å². The van der Waals surface area contributed by atoms with E-state index in [1.807, 2.05) is 54.6 Å². The molecule has 1 aromatic heterocycles. The van der Waals surface area contributed by atoms with Crippen molar-refractivity contribution < 1.29 is 9.59 Å². The van der Waals surface area contributed by atoms with Crippen LogP contribution >= 0.6 is 0 Å². The lowest BCUT2D eigenvalue weighted by Gasteiger charge is -2.13. The first-order valence-electron chi connectivity index (χ1n) is 9.20. The number of hydrogen-bond acceptors (Lipinski definition) is 3. The molecule has 1 heterocycles. The van der Waals surface area contributed by atoms with Gasteiger partial charge in [0.2, 0.25) is 5.91 Å². The van der Waals surface area contributed by atoms with Gasteiger partial charge in [-0.2, -0.15) is 0 Å². The average Bonchev–Trinajstić information content (AvgIpc) is 2.74. The second-order valence-corrected chi connectivity index (χ2v) is 6.73. The zero-order valence-electron chi connectivity index (χ0n) is 15.8. The molecule has 4 aromatic rings. The molecule has 142 valence electrons. The van der Waals surface area contributed by atoms with Crippen LogP contribution in [0.3, 0.4) is 0 Å². The predicted octanol–water partition coefficient (Wildman–Crippen LogP) is 4.56. The number of hydrogen-bond donors (Lipinski definition) is 2. The van der Waals surface area contributed by atoms with Gasteiger partial charge in [0.25, 0.3) is 5.91 Å². The molecule has 0 atom stereocenters. The summed E-state index contributed by atoms with van der Waals surface area (Å²) in [6.07, 6.45) is 0. The van der Waals surface area contributed by atoms with Crippen LogP contribution in [-0.2, 0) is 0 Å². The lowest BCUT2D eigenvalue weighted by atomic mass is 10.0. The molecule has 0 aliphatic rings. The van der Waals surface area contributed by atoms with E-state index in [9.17, 15) is 9.59 Å². The van der Waals surface area contributed by atoms with Gasteiger partial charge >= 0.3 is 0 Å². The number of amides is 2. The number of benzene rings is 3. The highest BCUT2D eigenvalue weighted by atomic mass is 16.2. The smallest absolute Gasteiger partial charge is 0.256 e. The Hall–Kier alpha value is -3.99. The molecular formula is C24H19N3O2. The molecule has 5 nitrogen and oxygen atoms in total. The standard InChI is InChI=1S/C24H19N3O2/c1-15-17(23(25)28)11-7-13-20(15)27-24(29)19-14-22(16-8-3-2-4-9-16)26-21-12-6-5-10-18(19)21/h2-14H,1H3,(H2,25,28)(H,27,29). The van der Waals surface area contributed by atoms with Gasteiger partial charge in [-0.3, -0.25) is 9.59 Å². The third-order valence-electron chi connectivity index (χ3n) is 4.88. The molecule has 29 heavy (non-hydrogen) atoms. The summed E-state index contributed by atoms with van der Waals surface area (Å²) in [5, 5.41) is 3.68. The van der Waals surface area contributed by atoms with Crippen molar-refractivity contribution in [2.45, 2.75) is 6.92 Å². The Morgan fingerprint density at radius 2 is 1.59 bits per heavy atom. The first-order chi connectivity index (χ1) is 14.0. The van der Waals surface area contributed by atoms with Crippen LogP contribution in [0.15, 0.2) is 78.9 Å². The van der Waals surface area contributed by atoms with Crippen molar-refractivity contribution in [3.8, 4) is 11.3 Å². The molecule has 5 heteroatoms. The number of nitrogens with one attached hydrogen (secondary N) is 1. The number of primary amides is 1. The summed E-state index contributed by atoms with van der Waals surface area (Å²) < 4.78 is 0. The van der Waals surface area contributed by atoms with Crippen LogP contribution in [0.1, 0.15) is 26.3 Å². The fourth-order valence-corrected chi connectivity index (χ4v) is 3.35. The van der Waals surface area contributed by atoms with Gasteiger partial charge in [0.05, 0.1) is 16.8 Å². The molecule has 0 aliphatic heterocycles. The first-order valence-corrected chi connectivity index (χ1v) is 9.20. The lowest BCUT2D eigenvalue weighted by Crippen LogP contribution is -2.17. The fourth-order valence-electron chi connectivity index (χ4n) is 3.35. The van der Waals surface area contributed by atoms with E-state index >= 15 is 0 Å². The van der Waals surface area contributed by atoms with Gasteiger partial charge < -0.3 is 11.1 Å². The molecule has 0 unspecified atom stereocenters. The summed E-state index contributed by atoms with van der Waals surface area (Å²) in [4.78, 5) is 29.5. The molecule has 0 saturated heterocycles. The second-order valence-electron chi connectivity index (χ2n) is 6.73. The van der Waals surface area contributed by atoms with Crippen LogP contribution in [0, 0.1) is 6.92 Å². The zero-order chi connectivity index (χ0) is 20.4. The van der Waals surface area contributed by atoms with Gasteiger partial charge in [-0.15, -0.1) is 0 Å². The summed E-state index contributed by atoms with van der Waals surface area (Å²) in [6, 6.07) is 24.1. The van der Waals surface area contributed by atoms with Crippen LogP contribution in [0.25, 0.3) is 22.2 Å². The van der Waals surface area contributed by atoms with E-state index in [1.165, 1.54) is 0 Å². The molecule has 3 N–H and O–H groups in total. The van der Waals surface area contributed by atoms with Gasteiger partial charge in [-0.25, -0.2) is 4.98 Å². The molecule has 0 bridgehead atoms. The van der Waals surface area contributed by atoms with Crippen LogP contribution in [0.2, 0.25) is 0 Å². The monoisotopic (exact) mass is 381 g/mol. The SMILES string of the molecule is Cc1c(NC(=O)c2cc(-c3ccccc3)nc3ccccc23)cccc1C(N)=O. The van der Waals surface area contributed by atoms with Crippen molar-refractivity contribution in [1.29, 1.82) is 0 Å². The molecule has 0 radical (unpaired) electrons. The number of pyridine rings is 1. The highest BCUT2D eigenvalue weighted by Gasteiger charge is 2.16. The van der Waals surface area contributed by atoms with Crippen molar-refractivity contribution in [3.05, 3.63) is 95.6 Å². The topological polar surface area (TPSA) is 85.1 Å². The van der Waals surface area contributed by atoms with Crippen molar-refractivity contribution in [1.82, 2.24) is 4.98 Å². The summed E-state index contributed by atoms with van der Waals surface area (Å²) in [7, 11) is 0. The molecule has 4 rings (SSSR count). The molecule has 2 amide bonds. The third kappa shape index (κ3) is 3.58. The maximum atomic E-state index is 13.2. The quantitative estimate of drug-likeness (QED) is 0.543. The van der Waals surface area contributed by atoms with E-state index in [2.05, 4.69) is 5.32 Å². The number of nitrogens with two attached hydrogens (primary N) is 1. The first kappa shape index (κ1) is 18.4. The fraction of sp³-hybridized carbons (Fsp3) is 0.0417. The number of rotatable bonds is 4. The Labute approximate surface area is 168 Å². The maximum Gasteiger partial charge on any atom is 0.256 e.